The molecule has 1 aliphatic rings. The van der Waals surface area contributed by atoms with E-state index in [0.717, 1.165) is 22.0 Å². The molecule has 0 spiro atoms. The molecule has 1 aliphatic carbocycles. The summed E-state index contributed by atoms with van der Waals surface area (Å²) >= 11 is 2.95. The highest BCUT2D eigenvalue weighted by atomic mass is 32.2. The lowest BCUT2D eigenvalue weighted by atomic mass is 10.3. The second-order valence-electron chi connectivity index (χ2n) is 3.97. The largest absolute Gasteiger partial charge is 0.310 e. The van der Waals surface area contributed by atoms with Gasteiger partial charge in [0.05, 0.1) is 0 Å². The van der Waals surface area contributed by atoms with Gasteiger partial charge in [-0.2, -0.15) is 4.37 Å². The van der Waals surface area contributed by atoms with Crippen molar-refractivity contribution < 1.29 is 0 Å². The van der Waals surface area contributed by atoms with Crippen molar-refractivity contribution in [3.8, 4) is 0 Å². The molecule has 1 saturated carbocycles. The van der Waals surface area contributed by atoms with Crippen molar-refractivity contribution in [2.75, 3.05) is 0 Å². The molecule has 0 atom stereocenters. The van der Waals surface area contributed by atoms with Crippen LogP contribution in [0.5, 0.6) is 0 Å². The lowest BCUT2D eigenvalue weighted by Gasteiger charge is -2.03. The van der Waals surface area contributed by atoms with E-state index in [9.17, 15) is 0 Å². The molecule has 17 heavy (non-hydrogen) atoms. The average molecular weight is 264 g/mol. The van der Waals surface area contributed by atoms with E-state index in [2.05, 4.69) is 25.7 Å². The third-order valence-electron chi connectivity index (χ3n) is 2.50. The molecule has 1 N–H and O–H groups in total. The zero-order valence-electron chi connectivity index (χ0n) is 9.17. The fourth-order valence-corrected chi connectivity index (χ4v) is 2.76. The molecule has 4 nitrogen and oxygen atoms in total. The number of nitrogens with zero attached hydrogens (tertiary/aromatic N) is 3. The van der Waals surface area contributed by atoms with E-state index in [1.807, 2.05) is 12.3 Å². The Kier molecular flexibility index (Phi) is 3.35. The summed E-state index contributed by atoms with van der Waals surface area (Å²) in [6.07, 6.45) is 6.14. The first kappa shape index (κ1) is 11.1. The minimum atomic E-state index is 0.741. The van der Waals surface area contributed by atoms with Crippen LogP contribution in [-0.4, -0.2) is 20.4 Å². The molecule has 0 saturated heterocycles. The van der Waals surface area contributed by atoms with Crippen LogP contribution in [-0.2, 0) is 6.54 Å². The second kappa shape index (κ2) is 5.12. The van der Waals surface area contributed by atoms with E-state index in [4.69, 9.17) is 0 Å². The van der Waals surface area contributed by atoms with Crippen LogP contribution < -0.4 is 5.32 Å². The number of hydrogen-bond acceptors (Lipinski definition) is 6. The molecule has 2 aromatic heterocycles. The predicted octanol–water partition coefficient (Wildman–Crippen LogP) is 2.34. The summed E-state index contributed by atoms with van der Waals surface area (Å²) in [5.74, 6) is 0. The van der Waals surface area contributed by atoms with Gasteiger partial charge >= 0.3 is 0 Å². The van der Waals surface area contributed by atoms with Crippen LogP contribution in [0, 0.1) is 0 Å². The number of rotatable bonds is 5. The third kappa shape index (κ3) is 3.24. The second-order valence-corrected chi connectivity index (χ2v) is 6.02. The molecule has 6 heteroatoms. The van der Waals surface area contributed by atoms with Crippen molar-refractivity contribution in [1.29, 1.82) is 0 Å². The minimum absolute atomic E-state index is 0.741. The third-order valence-corrected chi connectivity index (χ3v) is 4.17. The van der Waals surface area contributed by atoms with Crippen LogP contribution in [0.2, 0.25) is 0 Å². The van der Waals surface area contributed by atoms with Crippen LogP contribution in [0.4, 0.5) is 0 Å². The van der Waals surface area contributed by atoms with Crippen molar-refractivity contribution >= 4 is 23.3 Å². The molecule has 1 fully saturated rings. The van der Waals surface area contributed by atoms with E-state index >= 15 is 0 Å². The zero-order valence-corrected chi connectivity index (χ0v) is 10.8. The highest BCUT2D eigenvalue weighted by molar-refractivity contribution is 8.00. The van der Waals surface area contributed by atoms with Crippen molar-refractivity contribution in [3.05, 3.63) is 30.2 Å². The van der Waals surface area contributed by atoms with Crippen molar-refractivity contribution in [2.24, 2.45) is 0 Å². The van der Waals surface area contributed by atoms with E-state index in [-0.39, 0.29) is 0 Å². The highest BCUT2D eigenvalue weighted by Gasteiger charge is 2.19. The average Bonchev–Trinajstić information content (AvgIpc) is 3.05. The fourth-order valence-electron chi connectivity index (χ4n) is 1.42. The van der Waals surface area contributed by atoms with Gasteiger partial charge < -0.3 is 5.32 Å². The van der Waals surface area contributed by atoms with Crippen LogP contribution in [0.15, 0.2) is 34.0 Å². The minimum Gasteiger partial charge on any atom is -0.310 e. The Labute approximate surface area is 108 Å². The normalized spacial score (nSPS) is 15.1. The molecule has 3 rings (SSSR count). The van der Waals surface area contributed by atoms with Crippen molar-refractivity contribution in [3.63, 3.8) is 0 Å². The van der Waals surface area contributed by atoms with Crippen LogP contribution in [0.3, 0.4) is 0 Å². The summed E-state index contributed by atoms with van der Waals surface area (Å²) in [6.45, 7) is 0.918. The molecule has 0 radical (unpaired) electrons. The monoisotopic (exact) mass is 264 g/mol. The molecule has 0 amide bonds. The van der Waals surface area contributed by atoms with Gasteiger partial charge in [0.15, 0.2) is 4.34 Å². The summed E-state index contributed by atoms with van der Waals surface area (Å²) in [5, 5.41) is 4.44. The lowest BCUT2D eigenvalue weighted by Crippen LogP contribution is -2.15. The molecule has 0 unspecified atom stereocenters. The van der Waals surface area contributed by atoms with Gasteiger partial charge in [-0.3, -0.25) is 0 Å². The van der Waals surface area contributed by atoms with Gasteiger partial charge in [-0.05, 0) is 47.8 Å². The van der Waals surface area contributed by atoms with Crippen LogP contribution in [0.1, 0.15) is 18.4 Å². The highest BCUT2D eigenvalue weighted by Crippen LogP contribution is 2.26. The molecular weight excluding hydrogens is 252 g/mol. The Morgan fingerprint density at radius 1 is 1.35 bits per heavy atom. The Morgan fingerprint density at radius 3 is 2.94 bits per heavy atom. The van der Waals surface area contributed by atoms with Gasteiger partial charge in [0, 0.05) is 18.8 Å². The molecule has 0 aromatic carbocycles. The number of hydrogen-bond donors (Lipinski definition) is 1. The summed E-state index contributed by atoms with van der Waals surface area (Å²) in [4.78, 5) is 8.53. The molecule has 0 bridgehead atoms. The maximum Gasteiger partial charge on any atom is 0.175 e. The SMILES string of the molecule is c1nsc(Sc2ccc(CNC3CC3)cn2)n1. The topological polar surface area (TPSA) is 50.7 Å². The van der Waals surface area contributed by atoms with Crippen LogP contribution >= 0.6 is 23.3 Å². The van der Waals surface area contributed by atoms with Gasteiger partial charge in [-0.25, -0.2) is 9.97 Å². The summed E-state index contributed by atoms with van der Waals surface area (Å²) < 4.78 is 4.90. The first-order valence-electron chi connectivity index (χ1n) is 5.53. The first-order chi connectivity index (χ1) is 8.40. The molecule has 2 aromatic rings. The maximum atomic E-state index is 4.41. The Morgan fingerprint density at radius 2 is 2.29 bits per heavy atom. The molecule has 88 valence electrons. The predicted molar refractivity (Wildman–Crippen MR) is 68.1 cm³/mol. The number of aromatic nitrogens is 3. The van der Waals surface area contributed by atoms with Crippen LogP contribution in [0.25, 0.3) is 0 Å². The van der Waals surface area contributed by atoms with E-state index in [1.165, 1.54) is 29.9 Å². The molecule has 2 heterocycles. The standard InChI is InChI=1S/C11H12N4S2/c1-4-10(16-11-14-7-15-17-11)13-6-8(1)5-12-9-2-3-9/h1,4,6-7,9,12H,2-3,5H2. The summed E-state index contributed by atoms with van der Waals surface area (Å²) in [6, 6.07) is 4.90. The van der Waals surface area contributed by atoms with E-state index in [0.29, 0.717) is 0 Å². The molecular formula is C11H12N4S2. The maximum absolute atomic E-state index is 4.41. The zero-order chi connectivity index (χ0) is 11.5. The lowest BCUT2D eigenvalue weighted by molar-refractivity contribution is 0.685. The molecule has 0 aliphatic heterocycles. The smallest absolute Gasteiger partial charge is 0.175 e. The number of nitrogens with one attached hydrogen (secondary N) is 1. The summed E-state index contributed by atoms with van der Waals surface area (Å²) in [5.41, 5.74) is 1.23. The van der Waals surface area contributed by atoms with Gasteiger partial charge in [-0.15, -0.1) is 0 Å². The van der Waals surface area contributed by atoms with E-state index in [1.54, 1.807) is 18.1 Å². The number of pyridine rings is 1. The van der Waals surface area contributed by atoms with Gasteiger partial charge in [-0.1, -0.05) is 6.07 Å². The Hall–Kier alpha value is -0.980. The Bertz CT molecular complexity index is 465. The quantitative estimate of drug-likeness (QED) is 0.898. The van der Waals surface area contributed by atoms with Crippen molar-refractivity contribution in [1.82, 2.24) is 19.7 Å². The Balaban J connectivity index is 1.58. The van der Waals surface area contributed by atoms with Gasteiger partial charge in [0.25, 0.3) is 0 Å². The van der Waals surface area contributed by atoms with Gasteiger partial charge in [0.1, 0.15) is 11.4 Å². The van der Waals surface area contributed by atoms with Crippen molar-refractivity contribution in [2.45, 2.75) is 34.8 Å². The summed E-state index contributed by atoms with van der Waals surface area (Å²) in [7, 11) is 0. The van der Waals surface area contributed by atoms with E-state index < -0.39 is 0 Å². The first-order valence-corrected chi connectivity index (χ1v) is 7.12. The van der Waals surface area contributed by atoms with Gasteiger partial charge in [0.2, 0.25) is 0 Å². The fraction of sp³-hybridized carbons (Fsp3) is 0.364.